The normalized spacial score (nSPS) is 15.0. The largest absolute Gasteiger partial charge is 0.494 e. The number of hydrogen-bond acceptors (Lipinski definition) is 7. The zero-order valence-electron chi connectivity index (χ0n) is 23.3. The summed E-state index contributed by atoms with van der Waals surface area (Å²) in [5.74, 6) is -2.75. The summed E-state index contributed by atoms with van der Waals surface area (Å²) in [5.41, 5.74) is -0.628. The Morgan fingerprint density at radius 3 is 2.51 bits per heavy atom. The number of methoxy groups -OCH3 is 1. The third kappa shape index (κ3) is 6.66. The van der Waals surface area contributed by atoms with E-state index in [1.54, 1.807) is 32.0 Å². The zero-order chi connectivity index (χ0) is 29.7. The number of rotatable bonds is 11. The Kier molecular flexibility index (Phi) is 9.24. The SMILES string of the molecule is CCOc1ccc2c(c1)CCN(C(=O)c1cc(=O)[nH]o1)C2C(=O)Nc1cc(F)c(C(C)(C)COCCOC)c(F)c1. The number of anilines is 1. The van der Waals surface area contributed by atoms with Gasteiger partial charge in [0.2, 0.25) is 5.76 Å². The lowest BCUT2D eigenvalue weighted by Crippen LogP contribution is -2.45. The third-order valence-electron chi connectivity index (χ3n) is 6.78. The summed E-state index contributed by atoms with van der Waals surface area (Å²) in [6.45, 7) is 6.38. The van der Waals surface area contributed by atoms with Gasteiger partial charge in [-0.05, 0) is 48.7 Å². The molecule has 220 valence electrons. The molecule has 0 saturated carbocycles. The number of fused-ring (bicyclic) bond motifs is 1. The van der Waals surface area contributed by atoms with Crippen LogP contribution in [0.4, 0.5) is 14.5 Å². The number of carbonyl (C=O) groups is 2. The first-order valence-electron chi connectivity index (χ1n) is 13.2. The molecule has 1 atom stereocenters. The number of benzene rings is 2. The van der Waals surface area contributed by atoms with Crippen LogP contribution in [0.15, 0.2) is 45.7 Å². The lowest BCUT2D eigenvalue weighted by Gasteiger charge is -2.36. The number of aromatic nitrogens is 1. The van der Waals surface area contributed by atoms with E-state index < -0.39 is 40.5 Å². The second-order valence-electron chi connectivity index (χ2n) is 10.3. The van der Waals surface area contributed by atoms with Crippen molar-refractivity contribution in [2.45, 2.75) is 38.6 Å². The molecule has 1 aromatic heterocycles. The summed E-state index contributed by atoms with van der Waals surface area (Å²) < 4.78 is 51.5. The van der Waals surface area contributed by atoms with Crippen molar-refractivity contribution < 1.29 is 37.1 Å². The monoisotopic (exact) mass is 573 g/mol. The van der Waals surface area contributed by atoms with E-state index in [2.05, 4.69) is 10.5 Å². The van der Waals surface area contributed by atoms with Crippen LogP contribution in [-0.2, 0) is 26.1 Å². The summed E-state index contributed by atoms with van der Waals surface area (Å²) in [7, 11) is 1.53. The van der Waals surface area contributed by atoms with Gasteiger partial charge in [-0.15, -0.1) is 0 Å². The van der Waals surface area contributed by atoms with Crippen molar-refractivity contribution in [2.24, 2.45) is 0 Å². The molecule has 41 heavy (non-hydrogen) atoms. The van der Waals surface area contributed by atoms with Crippen molar-refractivity contribution in [3.8, 4) is 5.75 Å². The topological polar surface area (TPSA) is 123 Å². The van der Waals surface area contributed by atoms with E-state index in [1.807, 2.05) is 6.92 Å². The molecule has 4 rings (SSSR count). The lowest BCUT2D eigenvalue weighted by atomic mass is 9.84. The minimum absolute atomic E-state index is 0.0465. The maximum Gasteiger partial charge on any atom is 0.293 e. The van der Waals surface area contributed by atoms with E-state index in [4.69, 9.17) is 18.7 Å². The molecule has 0 fully saturated rings. The molecule has 0 bridgehead atoms. The molecule has 3 aromatic rings. The Bertz CT molecular complexity index is 1440. The fourth-order valence-corrected chi connectivity index (χ4v) is 4.94. The Hall–Kier alpha value is -4.03. The summed E-state index contributed by atoms with van der Waals surface area (Å²) in [4.78, 5) is 39.8. The smallest absolute Gasteiger partial charge is 0.293 e. The first-order chi connectivity index (χ1) is 19.6. The minimum Gasteiger partial charge on any atom is -0.494 e. The highest BCUT2D eigenvalue weighted by Gasteiger charge is 2.38. The number of nitrogens with one attached hydrogen (secondary N) is 2. The Morgan fingerprint density at radius 1 is 1.15 bits per heavy atom. The van der Waals surface area contributed by atoms with Crippen LogP contribution >= 0.6 is 0 Å². The van der Waals surface area contributed by atoms with Crippen LogP contribution in [0.25, 0.3) is 0 Å². The minimum atomic E-state index is -1.18. The molecule has 0 aliphatic carbocycles. The summed E-state index contributed by atoms with van der Waals surface area (Å²) in [6.07, 6.45) is 0.403. The van der Waals surface area contributed by atoms with E-state index in [1.165, 1.54) is 12.0 Å². The van der Waals surface area contributed by atoms with Crippen molar-refractivity contribution in [1.82, 2.24) is 10.1 Å². The van der Waals surface area contributed by atoms with E-state index in [-0.39, 0.29) is 36.8 Å². The molecule has 2 heterocycles. The highest BCUT2D eigenvalue weighted by atomic mass is 19.1. The number of halogens is 2. The first kappa shape index (κ1) is 29.9. The number of ether oxygens (including phenoxy) is 3. The van der Waals surface area contributed by atoms with E-state index in [0.29, 0.717) is 30.9 Å². The Morgan fingerprint density at radius 2 is 1.88 bits per heavy atom. The van der Waals surface area contributed by atoms with Crippen LogP contribution in [-0.4, -0.2) is 62.0 Å². The molecule has 1 aliphatic rings. The van der Waals surface area contributed by atoms with Crippen LogP contribution in [0.1, 0.15) is 54.1 Å². The molecule has 0 radical (unpaired) electrons. The van der Waals surface area contributed by atoms with Crippen LogP contribution in [0.3, 0.4) is 0 Å². The number of carbonyl (C=O) groups excluding carboxylic acids is 2. The number of H-pyrrole nitrogens is 1. The number of hydrogen-bond donors (Lipinski definition) is 2. The van der Waals surface area contributed by atoms with Gasteiger partial charge in [0.1, 0.15) is 23.4 Å². The third-order valence-corrected chi connectivity index (χ3v) is 6.78. The molecule has 1 unspecified atom stereocenters. The Balaban J connectivity index is 1.64. The van der Waals surface area contributed by atoms with Crippen molar-refractivity contribution in [1.29, 1.82) is 0 Å². The van der Waals surface area contributed by atoms with Crippen molar-refractivity contribution >= 4 is 17.5 Å². The predicted octanol–water partition coefficient (Wildman–Crippen LogP) is 3.96. The average molecular weight is 574 g/mol. The fraction of sp³-hybridized carbons (Fsp3) is 0.414. The number of aromatic amines is 1. The lowest BCUT2D eigenvalue weighted by molar-refractivity contribution is -0.121. The summed E-state index contributed by atoms with van der Waals surface area (Å²) in [5, 5.41) is 4.63. The first-order valence-corrected chi connectivity index (χ1v) is 13.2. The van der Waals surface area contributed by atoms with Crippen molar-refractivity contribution in [3.05, 3.63) is 80.8 Å². The fourth-order valence-electron chi connectivity index (χ4n) is 4.94. The maximum absolute atomic E-state index is 15.3. The molecular formula is C29H33F2N3O7. The second-order valence-corrected chi connectivity index (χ2v) is 10.3. The molecule has 2 amide bonds. The zero-order valence-corrected chi connectivity index (χ0v) is 23.3. The van der Waals surface area contributed by atoms with Gasteiger partial charge in [0.15, 0.2) is 0 Å². The van der Waals surface area contributed by atoms with Crippen LogP contribution in [0.5, 0.6) is 5.75 Å². The average Bonchev–Trinajstić information content (AvgIpc) is 3.35. The van der Waals surface area contributed by atoms with Crippen LogP contribution in [0.2, 0.25) is 0 Å². The molecule has 0 saturated heterocycles. The highest BCUT2D eigenvalue weighted by Crippen LogP contribution is 2.35. The van der Waals surface area contributed by atoms with Gasteiger partial charge in [0.25, 0.3) is 17.4 Å². The van der Waals surface area contributed by atoms with Gasteiger partial charge in [-0.25, -0.2) is 8.78 Å². The predicted molar refractivity (Wildman–Crippen MR) is 145 cm³/mol. The quantitative estimate of drug-likeness (QED) is 0.333. The van der Waals surface area contributed by atoms with E-state index in [9.17, 15) is 14.4 Å². The number of amides is 2. The molecule has 0 spiro atoms. The highest BCUT2D eigenvalue weighted by molar-refractivity contribution is 6.01. The van der Waals surface area contributed by atoms with Gasteiger partial charge < -0.3 is 29.0 Å². The van der Waals surface area contributed by atoms with Gasteiger partial charge in [-0.2, -0.15) is 5.16 Å². The summed E-state index contributed by atoms with van der Waals surface area (Å²) >= 11 is 0. The van der Waals surface area contributed by atoms with Gasteiger partial charge in [0.05, 0.1) is 32.5 Å². The van der Waals surface area contributed by atoms with Crippen molar-refractivity contribution in [3.63, 3.8) is 0 Å². The van der Waals surface area contributed by atoms with Crippen LogP contribution in [0, 0.1) is 11.6 Å². The van der Waals surface area contributed by atoms with Crippen molar-refractivity contribution in [2.75, 3.05) is 45.4 Å². The van der Waals surface area contributed by atoms with Gasteiger partial charge in [-0.1, -0.05) is 19.9 Å². The molecule has 1 aliphatic heterocycles. The molecule has 12 heteroatoms. The summed E-state index contributed by atoms with van der Waals surface area (Å²) in [6, 6.07) is 7.03. The van der Waals surface area contributed by atoms with E-state index in [0.717, 1.165) is 23.8 Å². The van der Waals surface area contributed by atoms with Crippen LogP contribution < -0.4 is 15.6 Å². The molecule has 2 aromatic carbocycles. The standard InChI is InChI=1S/C29H33F2N3O7/c1-5-40-19-6-7-20-17(12-19)8-9-34(28(37)23-15-24(35)33-41-23)26(20)27(36)32-18-13-21(30)25(22(31)14-18)29(2,3)16-39-11-10-38-4/h6-7,12-15,26H,5,8-11,16H2,1-4H3,(H,32,36)(H,33,35). The second kappa shape index (κ2) is 12.6. The van der Waals surface area contributed by atoms with Gasteiger partial charge in [-0.3, -0.25) is 14.4 Å². The van der Waals surface area contributed by atoms with Gasteiger partial charge >= 0.3 is 0 Å². The number of nitrogens with zero attached hydrogens (tertiary/aromatic N) is 1. The molecular weight excluding hydrogens is 540 g/mol. The molecule has 10 nitrogen and oxygen atoms in total. The molecule has 2 N–H and O–H groups in total. The Labute approximate surface area is 235 Å². The maximum atomic E-state index is 15.3. The van der Waals surface area contributed by atoms with Gasteiger partial charge in [0, 0.05) is 30.3 Å². The van der Waals surface area contributed by atoms with E-state index >= 15 is 8.78 Å².